The van der Waals surface area contributed by atoms with Crippen LogP contribution in [0.25, 0.3) is 10.8 Å². The summed E-state index contributed by atoms with van der Waals surface area (Å²) in [5, 5.41) is 11.6. The van der Waals surface area contributed by atoms with Crippen LogP contribution in [0.3, 0.4) is 0 Å². The molecule has 1 atom stereocenters. The third-order valence-corrected chi connectivity index (χ3v) is 3.92. The molecule has 0 saturated heterocycles. The molecule has 0 aliphatic heterocycles. The van der Waals surface area contributed by atoms with Gasteiger partial charge in [0.05, 0.1) is 5.56 Å². The number of hydrazine groups is 1. The SMILES string of the molecule is CC(Oc1ccccc1F)C(=O)NNC(=O)c1cc2ccccc2cc1O. The number of nitrogens with one attached hydrogen (secondary N) is 2. The molecular formula is C20H17FN2O4. The first-order chi connectivity index (χ1) is 13.0. The van der Waals surface area contributed by atoms with Gasteiger partial charge in [0, 0.05) is 0 Å². The Bertz CT molecular complexity index is 1010. The minimum atomic E-state index is -1.05. The Morgan fingerprint density at radius 1 is 1.00 bits per heavy atom. The molecule has 3 rings (SSSR count). The van der Waals surface area contributed by atoms with Crippen LogP contribution in [0.4, 0.5) is 4.39 Å². The standard InChI is InChI=1S/C20H17FN2O4/c1-12(27-18-9-5-4-8-16(18)21)19(25)22-23-20(26)15-10-13-6-2-3-7-14(13)11-17(15)24/h2-12,24H,1H3,(H,22,25)(H,23,26). The number of rotatable bonds is 4. The number of hydrogen-bond acceptors (Lipinski definition) is 4. The number of para-hydroxylation sites is 1. The van der Waals surface area contributed by atoms with Crippen LogP contribution in [0.5, 0.6) is 11.5 Å². The summed E-state index contributed by atoms with van der Waals surface area (Å²) in [7, 11) is 0. The highest BCUT2D eigenvalue weighted by Gasteiger charge is 2.18. The topological polar surface area (TPSA) is 87.7 Å². The smallest absolute Gasteiger partial charge is 0.279 e. The molecule has 0 aromatic heterocycles. The quantitative estimate of drug-likeness (QED) is 0.618. The van der Waals surface area contributed by atoms with Crippen LogP contribution in [0.1, 0.15) is 17.3 Å². The number of amides is 2. The van der Waals surface area contributed by atoms with E-state index in [2.05, 4.69) is 10.9 Å². The van der Waals surface area contributed by atoms with E-state index in [0.717, 1.165) is 10.8 Å². The molecule has 6 nitrogen and oxygen atoms in total. The number of carbonyl (C=O) groups is 2. The second-order valence-corrected chi connectivity index (χ2v) is 5.85. The minimum absolute atomic E-state index is 0.0108. The zero-order chi connectivity index (χ0) is 19.4. The van der Waals surface area contributed by atoms with Gasteiger partial charge in [-0.15, -0.1) is 0 Å². The Hall–Kier alpha value is -3.61. The Morgan fingerprint density at radius 2 is 1.63 bits per heavy atom. The van der Waals surface area contributed by atoms with Crippen LogP contribution in [-0.4, -0.2) is 23.0 Å². The highest BCUT2D eigenvalue weighted by molar-refractivity contribution is 6.02. The van der Waals surface area contributed by atoms with Gasteiger partial charge < -0.3 is 9.84 Å². The van der Waals surface area contributed by atoms with Crippen molar-refractivity contribution >= 4 is 22.6 Å². The van der Waals surface area contributed by atoms with Gasteiger partial charge in [-0.05, 0) is 42.0 Å². The van der Waals surface area contributed by atoms with Gasteiger partial charge in [0.25, 0.3) is 11.8 Å². The highest BCUT2D eigenvalue weighted by atomic mass is 19.1. The molecule has 3 aromatic carbocycles. The molecule has 0 heterocycles. The number of fused-ring (bicyclic) bond motifs is 1. The lowest BCUT2D eigenvalue weighted by Crippen LogP contribution is -2.47. The van der Waals surface area contributed by atoms with Gasteiger partial charge in [-0.25, -0.2) is 4.39 Å². The number of benzene rings is 3. The maximum atomic E-state index is 13.6. The summed E-state index contributed by atoms with van der Waals surface area (Å²) in [6.45, 7) is 1.42. The second kappa shape index (κ2) is 7.74. The molecule has 7 heteroatoms. The number of carbonyl (C=O) groups excluding carboxylic acids is 2. The summed E-state index contributed by atoms with van der Waals surface area (Å²) in [5.74, 6) is -2.24. The molecule has 0 aliphatic rings. The van der Waals surface area contributed by atoms with Crippen molar-refractivity contribution in [2.24, 2.45) is 0 Å². The maximum absolute atomic E-state index is 13.6. The molecule has 2 amide bonds. The Kier molecular flexibility index (Phi) is 5.21. The van der Waals surface area contributed by atoms with Crippen molar-refractivity contribution in [1.82, 2.24) is 10.9 Å². The van der Waals surface area contributed by atoms with E-state index >= 15 is 0 Å². The summed E-state index contributed by atoms with van der Waals surface area (Å²) in [4.78, 5) is 24.3. The Labute approximate surface area is 154 Å². The lowest BCUT2D eigenvalue weighted by Gasteiger charge is -2.15. The summed E-state index contributed by atoms with van der Waals surface area (Å²) in [6, 6.07) is 15.9. The maximum Gasteiger partial charge on any atom is 0.279 e. The van der Waals surface area contributed by atoms with Crippen molar-refractivity contribution in [2.45, 2.75) is 13.0 Å². The van der Waals surface area contributed by atoms with Gasteiger partial charge in [0.2, 0.25) is 0 Å². The predicted octanol–water partition coefficient (Wildman–Crippen LogP) is 2.91. The Balaban J connectivity index is 1.64. The van der Waals surface area contributed by atoms with Crippen LogP contribution in [0, 0.1) is 5.82 Å². The van der Waals surface area contributed by atoms with Gasteiger partial charge in [-0.1, -0.05) is 36.4 Å². The molecule has 0 spiro atoms. The third-order valence-electron chi connectivity index (χ3n) is 3.92. The minimum Gasteiger partial charge on any atom is -0.507 e. The first kappa shape index (κ1) is 18.2. The van der Waals surface area contributed by atoms with E-state index in [4.69, 9.17) is 4.74 Å². The van der Waals surface area contributed by atoms with E-state index in [9.17, 15) is 19.1 Å². The van der Waals surface area contributed by atoms with Crippen molar-refractivity contribution in [3.05, 3.63) is 72.0 Å². The van der Waals surface area contributed by atoms with Gasteiger partial charge >= 0.3 is 0 Å². The largest absolute Gasteiger partial charge is 0.507 e. The van der Waals surface area contributed by atoms with Gasteiger partial charge in [0.1, 0.15) is 5.75 Å². The van der Waals surface area contributed by atoms with Crippen LogP contribution in [-0.2, 0) is 4.79 Å². The van der Waals surface area contributed by atoms with E-state index in [1.165, 1.54) is 37.3 Å². The van der Waals surface area contributed by atoms with Crippen molar-refractivity contribution < 1.29 is 23.8 Å². The number of phenols is 1. The van der Waals surface area contributed by atoms with E-state index in [-0.39, 0.29) is 17.1 Å². The molecule has 3 aromatic rings. The molecule has 0 radical (unpaired) electrons. The fourth-order valence-electron chi connectivity index (χ4n) is 2.48. The molecule has 3 N–H and O–H groups in total. The molecule has 0 fully saturated rings. The van der Waals surface area contributed by atoms with Crippen molar-refractivity contribution in [2.75, 3.05) is 0 Å². The fraction of sp³-hybridized carbons (Fsp3) is 0.100. The molecule has 27 heavy (non-hydrogen) atoms. The second-order valence-electron chi connectivity index (χ2n) is 5.85. The number of aromatic hydroxyl groups is 1. The van der Waals surface area contributed by atoms with Crippen LogP contribution < -0.4 is 15.6 Å². The fourth-order valence-corrected chi connectivity index (χ4v) is 2.48. The lowest BCUT2D eigenvalue weighted by atomic mass is 10.1. The monoisotopic (exact) mass is 368 g/mol. The number of halogens is 1. The first-order valence-corrected chi connectivity index (χ1v) is 8.19. The van der Waals surface area contributed by atoms with Crippen LogP contribution >= 0.6 is 0 Å². The molecule has 1 unspecified atom stereocenters. The van der Waals surface area contributed by atoms with Gasteiger partial charge in [-0.2, -0.15) is 0 Å². The van der Waals surface area contributed by atoms with Gasteiger partial charge in [0.15, 0.2) is 17.7 Å². The summed E-state index contributed by atoms with van der Waals surface area (Å²) in [6.07, 6.45) is -1.05. The van der Waals surface area contributed by atoms with Gasteiger partial charge in [-0.3, -0.25) is 20.4 Å². The average molecular weight is 368 g/mol. The molecule has 0 bridgehead atoms. The summed E-state index contributed by atoms with van der Waals surface area (Å²) < 4.78 is 18.8. The molecule has 138 valence electrons. The Morgan fingerprint density at radius 3 is 2.33 bits per heavy atom. The molecule has 0 saturated carbocycles. The molecular weight excluding hydrogens is 351 g/mol. The third kappa shape index (κ3) is 4.14. The summed E-state index contributed by atoms with van der Waals surface area (Å²) in [5.41, 5.74) is 4.42. The van der Waals surface area contributed by atoms with E-state index in [0.29, 0.717) is 0 Å². The van der Waals surface area contributed by atoms with Crippen LogP contribution in [0.15, 0.2) is 60.7 Å². The van der Waals surface area contributed by atoms with Crippen molar-refractivity contribution in [3.63, 3.8) is 0 Å². The molecule has 0 aliphatic carbocycles. The van der Waals surface area contributed by atoms with Crippen molar-refractivity contribution in [1.29, 1.82) is 0 Å². The average Bonchev–Trinajstić information content (AvgIpc) is 2.67. The number of hydrogen-bond donors (Lipinski definition) is 3. The van der Waals surface area contributed by atoms with E-state index in [1.807, 2.05) is 12.1 Å². The summed E-state index contributed by atoms with van der Waals surface area (Å²) >= 11 is 0. The van der Waals surface area contributed by atoms with E-state index < -0.39 is 23.7 Å². The van der Waals surface area contributed by atoms with Crippen LogP contribution in [0.2, 0.25) is 0 Å². The number of ether oxygens (including phenoxy) is 1. The van der Waals surface area contributed by atoms with Crippen molar-refractivity contribution in [3.8, 4) is 11.5 Å². The number of phenolic OH excluding ortho intramolecular Hbond substituents is 1. The predicted molar refractivity (Wildman–Crippen MR) is 97.7 cm³/mol. The zero-order valence-electron chi connectivity index (χ0n) is 14.4. The zero-order valence-corrected chi connectivity index (χ0v) is 14.4. The first-order valence-electron chi connectivity index (χ1n) is 8.19. The van der Waals surface area contributed by atoms with E-state index in [1.54, 1.807) is 18.2 Å². The highest BCUT2D eigenvalue weighted by Crippen LogP contribution is 2.24. The normalized spacial score (nSPS) is 11.6. The lowest BCUT2D eigenvalue weighted by molar-refractivity contribution is -0.128.